The lowest BCUT2D eigenvalue weighted by Crippen LogP contribution is -2.00. The van der Waals surface area contributed by atoms with E-state index in [0.29, 0.717) is 0 Å². The molecule has 0 aromatic carbocycles. The molecule has 9 heavy (non-hydrogen) atoms. The molecule has 0 aromatic rings. The quantitative estimate of drug-likeness (QED) is 0.303. The predicted molar refractivity (Wildman–Crippen MR) is 28.0 cm³/mol. The van der Waals surface area contributed by atoms with Crippen LogP contribution in [0.4, 0.5) is 0 Å². The van der Waals surface area contributed by atoms with Crippen LogP contribution in [0.1, 0.15) is 6.42 Å². The summed E-state index contributed by atoms with van der Waals surface area (Å²) in [6, 6.07) is 0. The predicted octanol–water partition coefficient (Wildman–Crippen LogP) is -0.131. The highest BCUT2D eigenvalue weighted by Crippen LogP contribution is 1.84. The Balaban J connectivity index is 3.38. The number of rotatable bonds is 3. The Labute approximate surface area is 52.0 Å². The van der Waals surface area contributed by atoms with Gasteiger partial charge in [0.2, 0.25) is 0 Å². The van der Waals surface area contributed by atoms with Crippen LogP contribution in [-0.2, 0) is 19.4 Å². The summed E-state index contributed by atoms with van der Waals surface area (Å²) in [5, 5.41) is 0. The molecule has 4 heteroatoms. The monoisotopic (exact) mass is 130 g/mol. The minimum Gasteiger partial charge on any atom is -0.298 e. The van der Waals surface area contributed by atoms with Gasteiger partial charge in [0.05, 0.1) is 13.5 Å². The van der Waals surface area contributed by atoms with Crippen molar-refractivity contribution in [2.75, 3.05) is 7.11 Å². The summed E-state index contributed by atoms with van der Waals surface area (Å²) >= 11 is 0. The molecule has 4 nitrogen and oxygen atoms in total. The molecule has 0 aromatic heterocycles. The van der Waals surface area contributed by atoms with Gasteiger partial charge in [0.15, 0.2) is 0 Å². The lowest BCUT2D eigenvalue weighted by atomic mass is 10.4. The molecule has 0 amide bonds. The Hall–Kier alpha value is -1.12. The van der Waals surface area contributed by atoms with Gasteiger partial charge in [0, 0.05) is 6.08 Å². The largest absolute Gasteiger partial charge is 0.346 e. The first-order valence-corrected chi connectivity index (χ1v) is 2.24. The number of hydrogen-bond acceptors (Lipinski definition) is 4. The van der Waals surface area contributed by atoms with E-state index in [4.69, 9.17) is 0 Å². The van der Waals surface area contributed by atoms with Gasteiger partial charge in [-0.25, -0.2) is 9.59 Å². The fraction of sp³-hybridized carbons (Fsp3) is 0.400. The van der Waals surface area contributed by atoms with Gasteiger partial charge in [0.25, 0.3) is 0 Å². The summed E-state index contributed by atoms with van der Waals surface area (Å²) in [6.45, 7) is 0. The average molecular weight is 130 g/mol. The van der Waals surface area contributed by atoms with Gasteiger partial charge in [-0.05, 0) is 0 Å². The van der Waals surface area contributed by atoms with Crippen LogP contribution in [0.5, 0.6) is 0 Å². The molecule has 50 valence electrons. The third-order valence-electron chi connectivity index (χ3n) is 0.528. The van der Waals surface area contributed by atoms with E-state index in [-0.39, 0.29) is 6.42 Å². The van der Waals surface area contributed by atoms with E-state index in [9.17, 15) is 9.59 Å². The zero-order chi connectivity index (χ0) is 7.11. The molecule has 0 aliphatic rings. The molecule has 0 atom stereocenters. The van der Waals surface area contributed by atoms with Crippen molar-refractivity contribution in [3.8, 4) is 0 Å². The second kappa shape index (κ2) is 5.03. The van der Waals surface area contributed by atoms with Crippen LogP contribution in [0.2, 0.25) is 0 Å². The smallest absolute Gasteiger partial charge is 0.298 e. The maximum Gasteiger partial charge on any atom is 0.346 e. The molecular formula is C5H6O4. The maximum atomic E-state index is 10.2. The van der Waals surface area contributed by atoms with Gasteiger partial charge in [-0.2, -0.15) is 4.89 Å². The molecule has 0 N–H and O–H groups in total. The molecule has 0 rings (SSSR count). The van der Waals surface area contributed by atoms with Crippen molar-refractivity contribution in [1.82, 2.24) is 0 Å². The van der Waals surface area contributed by atoms with E-state index in [2.05, 4.69) is 9.78 Å². The third kappa shape index (κ3) is 4.74. The van der Waals surface area contributed by atoms with E-state index in [1.807, 2.05) is 0 Å². The summed E-state index contributed by atoms with van der Waals surface area (Å²) in [7, 11) is 1.21. The minimum absolute atomic E-state index is 0.0999. The molecule has 0 fully saturated rings. The lowest BCUT2D eigenvalue weighted by Gasteiger charge is -1.92. The molecule has 0 heterocycles. The van der Waals surface area contributed by atoms with E-state index < -0.39 is 5.97 Å². The van der Waals surface area contributed by atoms with Crippen LogP contribution in [0.3, 0.4) is 0 Å². The van der Waals surface area contributed by atoms with Crippen LogP contribution >= 0.6 is 0 Å². The van der Waals surface area contributed by atoms with E-state index in [0.717, 1.165) is 6.08 Å². The van der Waals surface area contributed by atoms with Crippen molar-refractivity contribution in [2.45, 2.75) is 6.42 Å². The lowest BCUT2D eigenvalue weighted by molar-refractivity contribution is -0.254. The molecular weight excluding hydrogens is 124 g/mol. The van der Waals surface area contributed by atoms with Crippen molar-refractivity contribution in [3.63, 3.8) is 0 Å². The second-order valence-electron chi connectivity index (χ2n) is 1.15. The molecule has 0 saturated heterocycles. The van der Waals surface area contributed by atoms with Crippen LogP contribution in [-0.4, -0.2) is 19.0 Å². The Morgan fingerprint density at radius 1 is 1.78 bits per heavy atom. The zero-order valence-corrected chi connectivity index (χ0v) is 4.92. The van der Waals surface area contributed by atoms with Crippen LogP contribution in [0.25, 0.3) is 0 Å². The van der Waals surface area contributed by atoms with Crippen molar-refractivity contribution >= 4 is 11.9 Å². The average Bonchev–Trinajstić information content (AvgIpc) is 1.85. The van der Waals surface area contributed by atoms with Gasteiger partial charge in [-0.3, -0.25) is 4.89 Å². The summed E-state index contributed by atoms with van der Waals surface area (Å²) < 4.78 is 0. The number of hydrogen-bond donors (Lipinski definition) is 0. The summed E-state index contributed by atoms with van der Waals surface area (Å²) in [5.74, 6) is 0.815. The normalized spacial score (nSPS) is 7.67. The first-order valence-electron chi connectivity index (χ1n) is 2.24. The van der Waals surface area contributed by atoms with E-state index in [1.165, 1.54) is 13.1 Å². The Morgan fingerprint density at radius 3 is 2.89 bits per heavy atom. The van der Waals surface area contributed by atoms with Gasteiger partial charge in [-0.1, -0.05) is 0 Å². The van der Waals surface area contributed by atoms with Gasteiger partial charge in [0.1, 0.15) is 5.94 Å². The molecule has 0 radical (unpaired) electrons. The number of carbonyl (C=O) groups excluding carboxylic acids is 2. The summed E-state index contributed by atoms with van der Waals surface area (Å²) in [4.78, 5) is 27.7. The highest BCUT2D eigenvalue weighted by atomic mass is 17.2. The van der Waals surface area contributed by atoms with Crippen LogP contribution in [0.15, 0.2) is 6.08 Å². The summed E-state index contributed by atoms with van der Waals surface area (Å²) in [5.41, 5.74) is 0. The fourth-order valence-corrected chi connectivity index (χ4v) is 0.252. The van der Waals surface area contributed by atoms with E-state index in [1.54, 1.807) is 0 Å². The van der Waals surface area contributed by atoms with E-state index >= 15 is 0 Å². The molecule has 0 saturated carbocycles. The summed E-state index contributed by atoms with van der Waals surface area (Å²) in [6.07, 6.45) is 0.915. The minimum atomic E-state index is -0.610. The highest BCUT2D eigenvalue weighted by molar-refractivity contribution is 5.72. The van der Waals surface area contributed by atoms with Gasteiger partial charge in [-0.15, -0.1) is 0 Å². The highest BCUT2D eigenvalue weighted by Gasteiger charge is 1.97. The van der Waals surface area contributed by atoms with Crippen LogP contribution in [0, 0.1) is 0 Å². The molecule has 0 aliphatic heterocycles. The van der Waals surface area contributed by atoms with Crippen molar-refractivity contribution in [3.05, 3.63) is 6.08 Å². The van der Waals surface area contributed by atoms with Crippen molar-refractivity contribution in [2.24, 2.45) is 0 Å². The molecule has 0 spiro atoms. The SMILES string of the molecule is COOC(=O)CC=C=O. The van der Waals surface area contributed by atoms with Crippen molar-refractivity contribution < 1.29 is 19.4 Å². The van der Waals surface area contributed by atoms with Crippen molar-refractivity contribution in [1.29, 1.82) is 0 Å². The molecule has 0 aliphatic carbocycles. The topological polar surface area (TPSA) is 52.6 Å². The first kappa shape index (κ1) is 7.88. The number of carbonyl (C=O) groups is 1. The molecule has 0 unspecified atom stereocenters. The third-order valence-corrected chi connectivity index (χ3v) is 0.528. The Kier molecular flexibility index (Phi) is 4.40. The first-order chi connectivity index (χ1) is 4.31. The Morgan fingerprint density at radius 2 is 2.44 bits per heavy atom. The maximum absolute atomic E-state index is 10.2. The fourth-order valence-electron chi connectivity index (χ4n) is 0.252. The second-order valence-corrected chi connectivity index (χ2v) is 1.15. The molecule has 0 bridgehead atoms. The van der Waals surface area contributed by atoms with Crippen LogP contribution < -0.4 is 0 Å². The Bertz CT molecular complexity index is 134. The van der Waals surface area contributed by atoms with Gasteiger partial charge < -0.3 is 0 Å². The standard InChI is InChI=1S/C5H6O4/c1-8-9-5(7)3-2-4-6/h2H,3H2,1H3. The zero-order valence-electron chi connectivity index (χ0n) is 4.92. The van der Waals surface area contributed by atoms with Gasteiger partial charge >= 0.3 is 5.97 Å².